The van der Waals surface area contributed by atoms with E-state index >= 15 is 0 Å². The summed E-state index contributed by atoms with van der Waals surface area (Å²) in [7, 11) is 0. The van der Waals surface area contributed by atoms with Crippen molar-refractivity contribution in [2.45, 2.75) is 27.2 Å². The average molecular weight is 244 g/mol. The van der Waals surface area contributed by atoms with E-state index in [1.54, 1.807) is 12.3 Å². The topological polar surface area (TPSA) is 70.7 Å². The van der Waals surface area contributed by atoms with E-state index in [1.165, 1.54) is 0 Å². The van der Waals surface area contributed by atoms with Gasteiger partial charge in [-0.25, -0.2) is 0 Å². The molecule has 0 atom stereocenters. The Balaban J connectivity index is 2.22. The number of nitrogens with one attached hydrogen (secondary N) is 2. The molecule has 0 saturated heterocycles. The molecule has 0 unspecified atom stereocenters. The van der Waals surface area contributed by atoms with Crippen LogP contribution in [0, 0.1) is 13.8 Å². The lowest BCUT2D eigenvalue weighted by Crippen LogP contribution is -2.15. The van der Waals surface area contributed by atoms with Crippen LogP contribution in [0.3, 0.4) is 0 Å². The molecule has 0 saturated carbocycles. The van der Waals surface area contributed by atoms with Gasteiger partial charge in [-0.3, -0.25) is 14.9 Å². The summed E-state index contributed by atoms with van der Waals surface area (Å²) in [5.74, 6) is 0.487. The number of rotatable bonds is 3. The molecule has 2 aromatic rings. The number of amides is 1. The van der Waals surface area contributed by atoms with Crippen molar-refractivity contribution < 1.29 is 4.79 Å². The molecule has 0 fully saturated rings. The van der Waals surface area contributed by atoms with E-state index in [0.717, 1.165) is 23.4 Å². The van der Waals surface area contributed by atoms with Gasteiger partial charge in [-0.05, 0) is 32.4 Å². The second kappa shape index (κ2) is 5.00. The Kier molecular flexibility index (Phi) is 3.41. The first-order valence-corrected chi connectivity index (χ1v) is 5.89. The number of pyridine rings is 1. The number of hydrogen-bond donors (Lipinski definition) is 2. The minimum atomic E-state index is -0.168. The summed E-state index contributed by atoms with van der Waals surface area (Å²) >= 11 is 0. The van der Waals surface area contributed by atoms with Crippen molar-refractivity contribution in [1.29, 1.82) is 0 Å². The summed E-state index contributed by atoms with van der Waals surface area (Å²) < 4.78 is 0. The van der Waals surface area contributed by atoms with Gasteiger partial charge in [0.05, 0.1) is 17.5 Å². The Morgan fingerprint density at radius 2 is 2.17 bits per heavy atom. The highest BCUT2D eigenvalue weighted by Crippen LogP contribution is 2.14. The Labute approximate surface area is 106 Å². The van der Waals surface area contributed by atoms with Crippen LogP contribution in [0.1, 0.15) is 34.2 Å². The van der Waals surface area contributed by atoms with E-state index in [4.69, 9.17) is 0 Å². The van der Waals surface area contributed by atoms with E-state index < -0.39 is 0 Å². The van der Waals surface area contributed by atoms with Crippen molar-refractivity contribution in [3.63, 3.8) is 0 Å². The van der Waals surface area contributed by atoms with Crippen molar-refractivity contribution in [3.05, 3.63) is 40.8 Å². The molecule has 0 aliphatic heterocycles. The first-order chi connectivity index (χ1) is 8.61. The first-order valence-electron chi connectivity index (χ1n) is 5.89. The molecule has 0 bridgehead atoms. The highest BCUT2D eigenvalue weighted by molar-refractivity contribution is 6.04. The first kappa shape index (κ1) is 12.3. The van der Waals surface area contributed by atoms with Crippen LogP contribution < -0.4 is 5.32 Å². The average Bonchev–Trinajstić information content (AvgIpc) is 2.76. The van der Waals surface area contributed by atoms with Crippen LogP contribution in [0.4, 0.5) is 5.82 Å². The summed E-state index contributed by atoms with van der Waals surface area (Å²) in [4.78, 5) is 16.4. The van der Waals surface area contributed by atoms with Crippen LogP contribution in [-0.4, -0.2) is 21.1 Å². The molecular weight excluding hydrogens is 228 g/mol. The lowest BCUT2D eigenvalue weighted by atomic mass is 10.1. The minimum absolute atomic E-state index is 0.168. The zero-order chi connectivity index (χ0) is 13.1. The fourth-order valence-corrected chi connectivity index (χ4v) is 1.79. The molecular formula is C13H16N4O. The largest absolute Gasteiger partial charge is 0.307 e. The molecule has 1 amide bonds. The highest BCUT2D eigenvalue weighted by atomic mass is 16.1. The van der Waals surface area contributed by atoms with E-state index in [1.807, 2.05) is 26.8 Å². The van der Waals surface area contributed by atoms with Crippen LogP contribution >= 0.6 is 0 Å². The Morgan fingerprint density at radius 3 is 2.83 bits per heavy atom. The summed E-state index contributed by atoms with van der Waals surface area (Å²) in [5, 5.41) is 9.53. The highest BCUT2D eigenvalue weighted by Gasteiger charge is 2.12. The van der Waals surface area contributed by atoms with Gasteiger partial charge in [0, 0.05) is 11.3 Å². The molecule has 2 aromatic heterocycles. The summed E-state index contributed by atoms with van der Waals surface area (Å²) in [5.41, 5.74) is 3.20. The third kappa shape index (κ3) is 2.40. The summed E-state index contributed by atoms with van der Waals surface area (Å²) in [6.07, 6.45) is 2.53. The molecule has 0 spiro atoms. The van der Waals surface area contributed by atoms with E-state index in [2.05, 4.69) is 20.5 Å². The van der Waals surface area contributed by atoms with E-state index in [0.29, 0.717) is 11.4 Å². The molecule has 18 heavy (non-hydrogen) atoms. The third-order valence-electron chi connectivity index (χ3n) is 2.81. The van der Waals surface area contributed by atoms with Crippen LogP contribution in [0.25, 0.3) is 0 Å². The molecule has 0 aromatic carbocycles. The number of carbonyl (C=O) groups is 1. The number of carbonyl (C=O) groups excluding carboxylic acids is 1. The van der Waals surface area contributed by atoms with Gasteiger partial charge in [0.25, 0.3) is 5.91 Å². The number of nitrogens with zero attached hydrogens (tertiary/aromatic N) is 2. The van der Waals surface area contributed by atoms with Crippen molar-refractivity contribution in [1.82, 2.24) is 15.2 Å². The van der Waals surface area contributed by atoms with Crippen molar-refractivity contribution >= 4 is 11.7 Å². The number of aromatic amines is 1. The van der Waals surface area contributed by atoms with Gasteiger partial charge in [-0.15, -0.1) is 0 Å². The number of aromatic nitrogens is 3. The maximum Gasteiger partial charge on any atom is 0.258 e. The molecule has 94 valence electrons. The second-order valence-corrected chi connectivity index (χ2v) is 4.16. The molecule has 5 nitrogen and oxygen atoms in total. The third-order valence-corrected chi connectivity index (χ3v) is 2.81. The molecule has 5 heteroatoms. The fraction of sp³-hybridized carbons (Fsp3) is 0.308. The van der Waals surface area contributed by atoms with Gasteiger partial charge in [0.2, 0.25) is 0 Å². The Morgan fingerprint density at radius 1 is 1.39 bits per heavy atom. The van der Waals surface area contributed by atoms with Crippen LogP contribution in [-0.2, 0) is 6.42 Å². The second-order valence-electron chi connectivity index (χ2n) is 4.16. The summed E-state index contributed by atoms with van der Waals surface area (Å²) in [6, 6.07) is 3.62. The van der Waals surface area contributed by atoms with Gasteiger partial charge in [0.1, 0.15) is 5.82 Å². The maximum atomic E-state index is 12.1. The molecule has 0 aliphatic carbocycles. The quantitative estimate of drug-likeness (QED) is 0.869. The zero-order valence-electron chi connectivity index (χ0n) is 10.7. The van der Waals surface area contributed by atoms with E-state index in [9.17, 15) is 4.79 Å². The van der Waals surface area contributed by atoms with Crippen molar-refractivity contribution in [3.8, 4) is 0 Å². The minimum Gasteiger partial charge on any atom is -0.307 e. The zero-order valence-corrected chi connectivity index (χ0v) is 10.7. The number of aryl methyl sites for hydroxylation is 3. The molecule has 2 heterocycles. The number of H-pyrrole nitrogens is 1. The monoisotopic (exact) mass is 244 g/mol. The van der Waals surface area contributed by atoms with Gasteiger partial charge in [-0.1, -0.05) is 6.92 Å². The van der Waals surface area contributed by atoms with Crippen LogP contribution in [0.2, 0.25) is 0 Å². The van der Waals surface area contributed by atoms with Gasteiger partial charge in [-0.2, -0.15) is 5.10 Å². The normalized spacial score (nSPS) is 10.4. The Bertz CT molecular complexity index is 574. The van der Waals surface area contributed by atoms with Crippen LogP contribution in [0.15, 0.2) is 18.3 Å². The van der Waals surface area contributed by atoms with Gasteiger partial charge >= 0.3 is 0 Å². The predicted molar refractivity (Wildman–Crippen MR) is 69.6 cm³/mol. The molecule has 2 N–H and O–H groups in total. The number of anilines is 1. The van der Waals surface area contributed by atoms with E-state index in [-0.39, 0.29) is 5.91 Å². The summed E-state index contributed by atoms with van der Waals surface area (Å²) in [6.45, 7) is 5.74. The fourth-order valence-electron chi connectivity index (χ4n) is 1.79. The lowest BCUT2D eigenvalue weighted by molar-refractivity contribution is 0.102. The van der Waals surface area contributed by atoms with Gasteiger partial charge < -0.3 is 5.32 Å². The maximum absolute atomic E-state index is 12.1. The van der Waals surface area contributed by atoms with Gasteiger partial charge in [0.15, 0.2) is 0 Å². The standard InChI is InChI=1S/C13H16N4O/c1-4-10-7-14-17-12(10)16-13(18)11-6-5-8(2)15-9(11)3/h5-7H,4H2,1-3H3,(H2,14,16,17,18). The predicted octanol–water partition coefficient (Wildman–Crippen LogP) is 2.24. The van der Waals surface area contributed by atoms with Crippen molar-refractivity contribution in [2.75, 3.05) is 5.32 Å². The number of hydrogen-bond acceptors (Lipinski definition) is 3. The Hall–Kier alpha value is -2.17. The SMILES string of the molecule is CCc1cn[nH]c1NC(=O)c1ccc(C)nc1C. The molecule has 2 rings (SSSR count). The smallest absolute Gasteiger partial charge is 0.258 e. The molecule has 0 aliphatic rings. The lowest BCUT2D eigenvalue weighted by Gasteiger charge is -2.07. The molecule has 0 radical (unpaired) electrons. The van der Waals surface area contributed by atoms with Crippen molar-refractivity contribution in [2.24, 2.45) is 0 Å². The van der Waals surface area contributed by atoms with Crippen LogP contribution in [0.5, 0.6) is 0 Å².